The third-order valence-electron chi connectivity index (χ3n) is 4.89. The molecule has 2 atom stereocenters. The molecule has 2 fully saturated rings. The first-order valence-electron chi connectivity index (χ1n) is 8.49. The normalized spacial score (nSPS) is 25.3. The Morgan fingerprint density at radius 2 is 1.86 bits per heavy atom. The van der Waals surface area contributed by atoms with Crippen LogP contribution >= 0.6 is 0 Å². The zero-order chi connectivity index (χ0) is 15.4. The average molecular weight is 302 g/mol. The lowest BCUT2D eigenvalue weighted by Gasteiger charge is -2.40. The maximum absolute atomic E-state index is 10.9. The summed E-state index contributed by atoms with van der Waals surface area (Å²) < 4.78 is 0. The van der Waals surface area contributed by atoms with Gasteiger partial charge in [0.25, 0.3) is 0 Å². The molecule has 0 saturated heterocycles. The van der Waals surface area contributed by atoms with Crippen LogP contribution in [-0.4, -0.2) is 40.6 Å². The molecule has 4 nitrogen and oxygen atoms in total. The second kappa shape index (κ2) is 7.25. The van der Waals surface area contributed by atoms with Crippen molar-refractivity contribution in [3.05, 3.63) is 35.9 Å². The lowest BCUT2D eigenvalue weighted by molar-refractivity contribution is -0.136. The number of aliphatic carboxylic acids is 1. The van der Waals surface area contributed by atoms with Crippen molar-refractivity contribution in [3.8, 4) is 0 Å². The monoisotopic (exact) mass is 302 g/mol. The van der Waals surface area contributed by atoms with Gasteiger partial charge in [0.15, 0.2) is 0 Å². The third-order valence-corrected chi connectivity index (χ3v) is 4.89. The molecule has 2 saturated carbocycles. The van der Waals surface area contributed by atoms with E-state index >= 15 is 0 Å². The van der Waals surface area contributed by atoms with Crippen molar-refractivity contribution < 1.29 is 9.90 Å². The van der Waals surface area contributed by atoms with Crippen molar-refractivity contribution in [2.75, 3.05) is 6.54 Å². The number of hydrogen-bond acceptors (Lipinski definition) is 3. The average Bonchev–Trinajstić information content (AvgIpc) is 3.37. The molecular formula is C18H26N2O2. The number of nitrogens with zero attached hydrogens (tertiary/aromatic N) is 1. The molecule has 2 unspecified atom stereocenters. The van der Waals surface area contributed by atoms with Crippen LogP contribution in [0.1, 0.15) is 44.1 Å². The lowest BCUT2D eigenvalue weighted by Crippen LogP contribution is -2.53. The van der Waals surface area contributed by atoms with Crippen LogP contribution < -0.4 is 5.32 Å². The fraction of sp³-hybridized carbons (Fsp3) is 0.611. The first-order valence-corrected chi connectivity index (χ1v) is 8.49. The van der Waals surface area contributed by atoms with Crippen LogP contribution in [-0.2, 0) is 11.3 Å². The fourth-order valence-corrected chi connectivity index (χ4v) is 3.68. The molecule has 2 N–H and O–H groups in total. The summed E-state index contributed by atoms with van der Waals surface area (Å²) in [6.45, 7) is 1.06. The van der Waals surface area contributed by atoms with Gasteiger partial charge in [0, 0.05) is 24.7 Å². The minimum atomic E-state index is -0.759. The Morgan fingerprint density at radius 3 is 2.55 bits per heavy atom. The molecule has 2 aliphatic carbocycles. The number of hydrogen-bond donors (Lipinski definition) is 2. The van der Waals surface area contributed by atoms with Gasteiger partial charge in [-0.25, -0.2) is 0 Å². The van der Waals surface area contributed by atoms with Gasteiger partial charge < -0.3 is 10.4 Å². The van der Waals surface area contributed by atoms with Gasteiger partial charge in [0.05, 0.1) is 6.54 Å². The molecule has 1 aromatic rings. The number of rotatable bonds is 7. The van der Waals surface area contributed by atoms with E-state index < -0.39 is 5.97 Å². The second-order valence-electron chi connectivity index (χ2n) is 6.62. The predicted octanol–water partition coefficient (Wildman–Crippen LogP) is 2.64. The molecule has 3 rings (SSSR count). The highest BCUT2D eigenvalue weighted by atomic mass is 16.4. The second-order valence-corrected chi connectivity index (χ2v) is 6.62. The van der Waals surface area contributed by atoms with E-state index in [1.807, 2.05) is 0 Å². The Kier molecular flexibility index (Phi) is 5.11. The molecule has 22 heavy (non-hydrogen) atoms. The zero-order valence-electron chi connectivity index (χ0n) is 13.1. The number of carboxylic acids is 1. The molecule has 0 aromatic heterocycles. The topological polar surface area (TPSA) is 52.6 Å². The third kappa shape index (κ3) is 4.08. The number of carbonyl (C=O) groups is 1. The molecule has 0 aliphatic heterocycles. The SMILES string of the molecule is O=C(O)CNC1CCCCC1N(Cc1ccccc1)C1CC1. The van der Waals surface area contributed by atoms with Gasteiger partial charge >= 0.3 is 5.97 Å². The van der Waals surface area contributed by atoms with E-state index in [1.54, 1.807) is 0 Å². The van der Waals surface area contributed by atoms with Crippen molar-refractivity contribution in [1.29, 1.82) is 0 Å². The van der Waals surface area contributed by atoms with Crippen molar-refractivity contribution in [2.24, 2.45) is 0 Å². The van der Waals surface area contributed by atoms with Crippen LogP contribution in [0.3, 0.4) is 0 Å². The number of carboxylic acid groups (broad SMARTS) is 1. The summed E-state index contributed by atoms with van der Waals surface area (Å²) in [7, 11) is 0. The van der Waals surface area contributed by atoms with Crippen LogP contribution in [0.2, 0.25) is 0 Å². The Morgan fingerprint density at radius 1 is 1.14 bits per heavy atom. The summed E-state index contributed by atoms with van der Waals surface area (Å²) in [6, 6.07) is 12.1. The van der Waals surface area contributed by atoms with Gasteiger partial charge in [-0.1, -0.05) is 43.2 Å². The Labute approximate surface area is 132 Å². The Bertz CT molecular complexity index is 487. The van der Waals surface area contributed by atoms with Crippen LogP contribution in [0.15, 0.2) is 30.3 Å². The van der Waals surface area contributed by atoms with Crippen molar-refractivity contribution >= 4 is 5.97 Å². The molecule has 0 radical (unpaired) electrons. The molecule has 0 amide bonds. The summed E-state index contributed by atoms with van der Waals surface area (Å²) in [6.07, 6.45) is 7.31. The van der Waals surface area contributed by atoms with Crippen molar-refractivity contribution in [2.45, 2.75) is 63.2 Å². The van der Waals surface area contributed by atoms with E-state index in [0.717, 1.165) is 13.0 Å². The molecule has 2 aliphatic rings. The van der Waals surface area contributed by atoms with Crippen molar-refractivity contribution in [3.63, 3.8) is 0 Å². The van der Waals surface area contributed by atoms with E-state index in [0.29, 0.717) is 18.1 Å². The first kappa shape index (κ1) is 15.5. The lowest BCUT2D eigenvalue weighted by atomic mass is 9.88. The highest BCUT2D eigenvalue weighted by Gasteiger charge is 2.38. The van der Waals surface area contributed by atoms with Gasteiger partial charge in [-0.05, 0) is 31.2 Å². The van der Waals surface area contributed by atoms with Gasteiger partial charge in [-0.15, -0.1) is 0 Å². The molecular weight excluding hydrogens is 276 g/mol. The van der Waals surface area contributed by atoms with Crippen LogP contribution in [0.5, 0.6) is 0 Å². The minimum Gasteiger partial charge on any atom is -0.480 e. The van der Waals surface area contributed by atoms with Crippen molar-refractivity contribution in [1.82, 2.24) is 10.2 Å². The summed E-state index contributed by atoms with van der Waals surface area (Å²) in [4.78, 5) is 13.5. The van der Waals surface area contributed by atoms with Gasteiger partial charge in [0.2, 0.25) is 0 Å². The molecule has 0 bridgehead atoms. The molecule has 4 heteroatoms. The highest BCUT2D eigenvalue weighted by molar-refractivity contribution is 5.69. The largest absolute Gasteiger partial charge is 0.480 e. The van der Waals surface area contributed by atoms with Crippen LogP contribution in [0.4, 0.5) is 0 Å². The number of nitrogens with one attached hydrogen (secondary N) is 1. The zero-order valence-corrected chi connectivity index (χ0v) is 13.1. The molecule has 1 aromatic carbocycles. The van der Waals surface area contributed by atoms with E-state index in [4.69, 9.17) is 5.11 Å². The van der Waals surface area contributed by atoms with Crippen LogP contribution in [0.25, 0.3) is 0 Å². The summed E-state index contributed by atoms with van der Waals surface area (Å²) in [5.41, 5.74) is 1.36. The standard InChI is InChI=1S/C18H26N2O2/c21-18(22)12-19-16-8-4-5-9-17(16)20(15-10-11-15)13-14-6-2-1-3-7-14/h1-3,6-7,15-17,19H,4-5,8-13H2,(H,21,22). The number of benzene rings is 1. The van der Waals surface area contributed by atoms with E-state index in [9.17, 15) is 4.79 Å². The minimum absolute atomic E-state index is 0.0744. The van der Waals surface area contributed by atoms with Gasteiger partial charge in [-0.3, -0.25) is 9.69 Å². The Balaban J connectivity index is 1.69. The predicted molar refractivity (Wildman–Crippen MR) is 86.7 cm³/mol. The summed E-state index contributed by atoms with van der Waals surface area (Å²) in [5, 5.41) is 12.2. The maximum Gasteiger partial charge on any atom is 0.317 e. The quantitative estimate of drug-likeness (QED) is 0.813. The summed E-state index contributed by atoms with van der Waals surface area (Å²) >= 11 is 0. The van der Waals surface area contributed by atoms with E-state index in [2.05, 4.69) is 40.5 Å². The first-order chi connectivity index (χ1) is 10.7. The smallest absolute Gasteiger partial charge is 0.317 e. The maximum atomic E-state index is 10.9. The summed E-state index contributed by atoms with van der Waals surface area (Å²) in [5.74, 6) is -0.759. The molecule has 120 valence electrons. The van der Waals surface area contributed by atoms with Gasteiger partial charge in [0.1, 0.15) is 0 Å². The van der Waals surface area contributed by atoms with E-state index in [-0.39, 0.29) is 6.54 Å². The molecule has 0 spiro atoms. The Hall–Kier alpha value is -1.39. The molecule has 0 heterocycles. The highest BCUT2D eigenvalue weighted by Crippen LogP contribution is 2.35. The van der Waals surface area contributed by atoms with Gasteiger partial charge in [-0.2, -0.15) is 0 Å². The van der Waals surface area contributed by atoms with E-state index in [1.165, 1.54) is 37.7 Å². The van der Waals surface area contributed by atoms with Crippen LogP contribution in [0, 0.1) is 0 Å². The fourth-order valence-electron chi connectivity index (χ4n) is 3.68.